The summed E-state index contributed by atoms with van der Waals surface area (Å²) in [6, 6.07) is 0. The summed E-state index contributed by atoms with van der Waals surface area (Å²) in [6.07, 6.45) is 1.42. The predicted octanol–water partition coefficient (Wildman–Crippen LogP) is 3.65. The zero-order valence-electron chi connectivity index (χ0n) is 19.9. The number of aliphatic hydroxyl groups is 1. The van der Waals surface area contributed by atoms with Crippen molar-refractivity contribution in [1.29, 1.82) is 0 Å². The second-order valence-corrected chi connectivity index (χ2v) is 13.5. The number of esters is 1. The minimum atomic E-state index is -2.12. The molecule has 2 rings (SSSR count). The Hall–Kier alpha value is -1.16. The molecule has 2 aromatic rings. The van der Waals surface area contributed by atoms with Gasteiger partial charge in [0.2, 0.25) is 0 Å². The van der Waals surface area contributed by atoms with Crippen molar-refractivity contribution in [3.05, 3.63) is 43.3 Å². The third-order valence-electron chi connectivity index (χ3n) is 5.34. The van der Waals surface area contributed by atoms with Crippen LogP contribution in [0.5, 0.6) is 0 Å². The van der Waals surface area contributed by atoms with Gasteiger partial charge in [-0.2, -0.15) is 0 Å². The maximum atomic E-state index is 12.9. The number of aryl methyl sites for hydroxylation is 2. The molecule has 12 heteroatoms. The molecule has 34 heavy (non-hydrogen) atoms. The number of anilines is 2. The van der Waals surface area contributed by atoms with Gasteiger partial charge in [0.05, 0.1) is 41.5 Å². The third-order valence-corrected chi connectivity index (χ3v) is 11.8. The van der Waals surface area contributed by atoms with Crippen LogP contribution in [0, 0.1) is 13.8 Å². The number of carbonyl (C=O) groups is 3. The molecule has 0 aromatic carbocycles. The molecule has 183 valence electrons. The molecule has 0 unspecified atom stereocenters. The monoisotopic (exact) mass is 601 g/mol. The largest absolute Gasteiger partial charge is 0.858 e. The van der Waals surface area contributed by atoms with Crippen molar-refractivity contribution in [3.8, 4) is 0 Å². The van der Waals surface area contributed by atoms with E-state index in [1.807, 2.05) is 13.8 Å². The summed E-state index contributed by atoms with van der Waals surface area (Å²) in [5, 5.41) is 31.2. The molecule has 0 aliphatic rings. The number of rotatable bonds is 11. The van der Waals surface area contributed by atoms with Gasteiger partial charge in [-0.15, -0.1) is 22.7 Å². The zero-order chi connectivity index (χ0) is 24.8. The smallest absolute Gasteiger partial charge is 0.350 e. The summed E-state index contributed by atoms with van der Waals surface area (Å²) in [5.41, 5.74) is 2.33. The van der Waals surface area contributed by atoms with Crippen LogP contribution in [0.4, 0.5) is 11.4 Å². The summed E-state index contributed by atoms with van der Waals surface area (Å²) in [7, 11) is -0.836. The molecule has 0 aliphatic carbocycles. The molecule has 2 aromatic heterocycles. The number of carbonyl (C=O) groups excluding carboxylic acids is 3. The van der Waals surface area contributed by atoms with Crippen LogP contribution in [-0.2, 0) is 42.2 Å². The molecule has 1 amide bonds. The molecule has 0 saturated carbocycles. The van der Waals surface area contributed by atoms with Crippen molar-refractivity contribution in [3.63, 3.8) is 0 Å². The van der Waals surface area contributed by atoms with Gasteiger partial charge in [0, 0.05) is 40.0 Å². The van der Waals surface area contributed by atoms with E-state index >= 15 is 0 Å². The normalized spacial score (nSPS) is 11.5. The number of thiophene rings is 2. The number of amides is 1. The maximum absolute atomic E-state index is 12.9. The molecule has 3 N–H and O–H groups in total. The standard InChI is InChI=1S/C22H29N2O6PS2.Y/c1-6-31(7-2,9-16(27)23-18-13(3)11-32-20(18)15(26)8-25)10-17(28)24-19-14(4)12-33-21(19)22(29)30-5;/h10-12,25H,6-9H2,1-5H3,(H2-,23,24,26,27,28,29);. The van der Waals surface area contributed by atoms with Gasteiger partial charge in [-0.1, -0.05) is 0 Å². The Morgan fingerprint density at radius 1 is 1.06 bits per heavy atom. The quantitative estimate of drug-likeness (QED) is 0.155. The van der Waals surface area contributed by atoms with Crippen LogP contribution < -0.4 is 15.7 Å². The van der Waals surface area contributed by atoms with Gasteiger partial charge in [-0.25, -0.2) is 4.79 Å². The summed E-state index contributed by atoms with van der Waals surface area (Å²) in [5.74, 6) is -0.0191. The Kier molecular flexibility index (Phi) is 12.5. The second-order valence-electron chi connectivity index (χ2n) is 7.49. The van der Waals surface area contributed by atoms with Crippen molar-refractivity contribution < 1.29 is 62.0 Å². The zero-order valence-corrected chi connectivity index (χ0v) is 25.3. The van der Waals surface area contributed by atoms with Crippen LogP contribution in [-0.4, -0.2) is 55.0 Å². The number of methoxy groups -OCH3 is 1. The van der Waals surface area contributed by atoms with Crippen LogP contribution >= 0.6 is 29.9 Å². The Morgan fingerprint density at radius 3 is 2.09 bits per heavy atom. The van der Waals surface area contributed by atoms with Crippen LogP contribution in [0.2, 0.25) is 0 Å². The van der Waals surface area contributed by atoms with Gasteiger partial charge in [0.1, 0.15) is 17.6 Å². The van der Waals surface area contributed by atoms with Crippen molar-refractivity contribution in [2.45, 2.75) is 27.7 Å². The van der Waals surface area contributed by atoms with E-state index in [-0.39, 0.29) is 50.7 Å². The van der Waals surface area contributed by atoms with E-state index in [1.54, 1.807) is 30.4 Å². The molecule has 0 spiro atoms. The first-order chi connectivity index (χ1) is 15.6. The number of nitrogens with one attached hydrogen (secondary N) is 2. The summed E-state index contributed by atoms with van der Waals surface area (Å²) in [4.78, 5) is 37.5. The number of hydrogen-bond acceptors (Lipinski definition) is 9. The predicted molar refractivity (Wildman–Crippen MR) is 134 cm³/mol. The topological polar surface area (TPSA) is 128 Å². The van der Waals surface area contributed by atoms with E-state index in [9.17, 15) is 24.6 Å². The second kappa shape index (κ2) is 13.8. The minimum Gasteiger partial charge on any atom is -0.858 e. The Balaban J connectivity index is 0.00000578. The molecule has 0 fully saturated rings. The first-order valence-corrected chi connectivity index (χ1v) is 14.5. The van der Waals surface area contributed by atoms with Crippen molar-refractivity contribution in [1.82, 2.24) is 0 Å². The number of hydrogen-bond donors (Lipinski definition) is 3. The Morgan fingerprint density at radius 2 is 1.59 bits per heavy atom. The Labute approximate surface area is 233 Å². The molecule has 0 aliphatic heterocycles. The van der Waals surface area contributed by atoms with Gasteiger partial charge < -0.3 is 25.6 Å². The van der Waals surface area contributed by atoms with Crippen molar-refractivity contribution >= 4 is 59.0 Å². The van der Waals surface area contributed by atoms with Gasteiger partial charge in [0.25, 0.3) is 5.91 Å². The summed E-state index contributed by atoms with van der Waals surface area (Å²) < 4.78 is 4.79. The van der Waals surface area contributed by atoms with Crippen LogP contribution in [0.3, 0.4) is 0 Å². The van der Waals surface area contributed by atoms with E-state index in [2.05, 4.69) is 10.6 Å². The van der Waals surface area contributed by atoms with Gasteiger partial charge in [-0.05, 0) is 55.5 Å². The molecule has 0 saturated heterocycles. The molecule has 0 atom stereocenters. The van der Waals surface area contributed by atoms with E-state index in [0.29, 0.717) is 33.5 Å². The van der Waals surface area contributed by atoms with Gasteiger partial charge in [-0.3, -0.25) is 9.59 Å². The maximum Gasteiger partial charge on any atom is 0.350 e. The molecule has 0 bridgehead atoms. The average molecular weight is 601 g/mol. The average Bonchev–Trinajstić information content (AvgIpc) is 3.34. The van der Waals surface area contributed by atoms with Gasteiger partial charge >= 0.3 is 5.97 Å². The fourth-order valence-electron chi connectivity index (χ4n) is 3.26. The SMILES string of the molecule is CC[P+](C=C([O-])Nc1c(C)csc1C(=O)OC)(CC)CC(=O)Nc1c(C)csc1C(=O)CO.[Y]. The first-order valence-electron chi connectivity index (χ1n) is 10.3. The number of ether oxygens (including phenoxy) is 1. The van der Waals surface area contributed by atoms with Crippen LogP contribution in [0.1, 0.15) is 44.3 Å². The van der Waals surface area contributed by atoms with Gasteiger partial charge in [0.15, 0.2) is 5.78 Å². The molecular formula is C22H29N2O6PS2Y. The number of aliphatic hydroxyl groups excluding tert-OH is 1. The minimum absolute atomic E-state index is 0. The van der Waals surface area contributed by atoms with Crippen LogP contribution in [0.25, 0.3) is 0 Å². The summed E-state index contributed by atoms with van der Waals surface area (Å²) in [6.45, 7) is 6.83. The van der Waals surface area contributed by atoms with E-state index in [0.717, 1.165) is 11.1 Å². The van der Waals surface area contributed by atoms with Crippen molar-refractivity contribution in [2.75, 3.05) is 42.8 Å². The van der Waals surface area contributed by atoms with Crippen molar-refractivity contribution in [2.24, 2.45) is 0 Å². The fraction of sp³-hybridized carbons (Fsp3) is 0.409. The Bertz CT molecular complexity index is 1060. The molecular weight excluding hydrogens is 572 g/mol. The van der Waals surface area contributed by atoms with E-state index in [4.69, 9.17) is 4.74 Å². The first kappa shape index (κ1) is 30.9. The van der Waals surface area contributed by atoms with E-state index in [1.165, 1.54) is 29.8 Å². The number of Topliss-reactive ketones (excluding diaryl/α,β-unsaturated/α-hetero) is 1. The summed E-state index contributed by atoms with van der Waals surface area (Å²) >= 11 is 2.37. The number of ketones is 1. The molecule has 2 heterocycles. The van der Waals surface area contributed by atoms with E-state index < -0.39 is 25.6 Å². The fourth-order valence-corrected chi connectivity index (χ4v) is 7.69. The third kappa shape index (κ3) is 7.42. The molecule has 8 nitrogen and oxygen atoms in total. The van der Waals surface area contributed by atoms with Crippen LogP contribution in [0.15, 0.2) is 22.5 Å². The molecule has 1 radical (unpaired) electrons.